The summed E-state index contributed by atoms with van der Waals surface area (Å²) in [7, 11) is 0. The number of fused-ring (bicyclic) bond motifs is 1. The minimum Gasteiger partial charge on any atom is -0.456 e. The van der Waals surface area contributed by atoms with Gasteiger partial charge in [-0.2, -0.15) is 5.10 Å². The Morgan fingerprint density at radius 1 is 1.23 bits per heavy atom. The molecule has 1 atom stereocenters. The SMILES string of the molecule is CC(=O)NCc1ccc(C(=O)C(C)OC(=O)c2n[nH]c3ccccc23)o1. The number of carbonyl (C=O) groups is 3. The highest BCUT2D eigenvalue weighted by atomic mass is 16.5. The lowest BCUT2D eigenvalue weighted by molar-refractivity contribution is -0.119. The third-order valence-electron chi connectivity index (χ3n) is 3.73. The van der Waals surface area contributed by atoms with Crippen LogP contribution in [-0.4, -0.2) is 34.0 Å². The number of carbonyl (C=O) groups excluding carboxylic acids is 3. The molecule has 26 heavy (non-hydrogen) atoms. The summed E-state index contributed by atoms with van der Waals surface area (Å²) in [4.78, 5) is 35.6. The number of aromatic amines is 1. The van der Waals surface area contributed by atoms with Crippen LogP contribution >= 0.6 is 0 Å². The van der Waals surface area contributed by atoms with Crippen molar-refractivity contribution in [1.29, 1.82) is 0 Å². The highest BCUT2D eigenvalue weighted by molar-refractivity contribution is 6.04. The zero-order valence-corrected chi connectivity index (χ0v) is 14.2. The average Bonchev–Trinajstić information content (AvgIpc) is 3.26. The van der Waals surface area contributed by atoms with Gasteiger partial charge in [-0.15, -0.1) is 0 Å². The van der Waals surface area contributed by atoms with Crippen molar-refractivity contribution in [3.8, 4) is 0 Å². The summed E-state index contributed by atoms with van der Waals surface area (Å²) in [6.45, 7) is 3.02. The van der Waals surface area contributed by atoms with Gasteiger partial charge in [0.15, 0.2) is 17.6 Å². The van der Waals surface area contributed by atoms with E-state index in [0.717, 1.165) is 0 Å². The lowest BCUT2D eigenvalue weighted by Crippen LogP contribution is -2.24. The van der Waals surface area contributed by atoms with Gasteiger partial charge < -0.3 is 14.5 Å². The number of ketones is 1. The zero-order valence-electron chi connectivity index (χ0n) is 14.2. The number of hydrogen-bond acceptors (Lipinski definition) is 6. The molecule has 0 aliphatic carbocycles. The second-order valence-electron chi connectivity index (χ2n) is 5.71. The van der Waals surface area contributed by atoms with E-state index in [-0.39, 0.29) is 23.9 Å². The minimum absolute atomic E-state index is 0.0533. The first kappa shape index (κ1) is 17.4. The van der Waals surface area contributed by atoms with E-state index in [1.165, 1.54) is 19.9 Å². The van der Waals surface area contributed by atoms with E-state index in [1.54, 1.807) is 24.3 Å². The summed E-state index contributed by atoms with van der Waals surface area (Å²) >= 11 is 0. The average molecular weight is 355 g/mol. The van der Waals surface area contributed by atoms with Crippen molar-refractivity contribution >= 4 is 28.6 Å². The van der Waals surface area contributed by atoms with Gasteiger partial charge in [-0.3, -0.25) is 14.7 Å². The molecule has 0 saturated carbocycles. The van der Waals surface area contributed by atoms with Crippen LogP contribution in [0.2, 0.25) is 0 Å². The van der Waals surface area contributed by atoms with Crippen LogP contribution in [0.1, 0.15) is 40.7 Å². The van der Waals surface area contributed by atoms with Crippen LogP contribution in [0, 0.1) is 0 Å². The van der Waals surface area contributed by atoms with Gasteiger partial charge >= 0.3 is 5.97 Å². The fourth-order valence-electron chi connectivity index (χ4n) is 2.41. The number of nitrogens with zero attached hydrogens (tertiary/aromatic N) is 1. The number of Topliss-reactive ketones (excluding diaryl/α,β-unsaturated/α-hetero) is 1. The fraction of sp³-hybridized carbons (Fsp3) is 0.222. The van der Waals surface area contributed by atoms with Gasteiger partial charge in [-0.1, -0.05) is 18.2 Å². The molecule has 1 aromatic carbocycles. The summed E-state index contributed by atoms with van der Waals surface area (Å²) < 4.78 is 10.6. The largest absolute Gasteiger partial charge is 0.456 e. The first-order valence-corrected chi connectivity index (χ1v) is 7.97. The predicted octanol–water partition coefficient (Wildman–Crippen LogP) is 2.22. The van der Waals surface area contributed by atoms with E-state index >= 15 is 0 Å². The maximum absolute atomic E-state index is 12.4. The lowest BCUT2D eigenvalue weighted by atomic mass is 10.2. The number of rotatable bonds is 6. The fourth-order valence-corrected chi connectivity index (χ4v) is 2.41. The van der Waals surface area contributed by atoms with Crippen molar-refractivity contribution in [2.45, 2.75) is 26.5 Å². The molecular weight excluding hydrogens is 338 g/mol. The molecule has 0 aliphatic heterocycles. The molecule has 0 radical (unpaired) electrons. The number of nitrogens with one attached hydrogen (secondary N) is 2. The highest BCUT2D eigenvalue weighted by Gasteiger charge is 2.25. The third-order valence-corrected chi connectivity index (χ3v) is 3.73. The van der Waals surface area contributed by atoms with Gasteiger partial charge in [0.1, 0.15) is 5.76 Å². The Kier molecular flexibility index (Phi) is 4.83. The predicted molar refractivity (Wildman–Crippen MR) is 91.5 cm³/mol. The maximum atomic E-state index is 12.4. The van der Waals surface area contributed by atoms with Gasteiger partial charge in [-0.05, 0) is 25.1 Å². The Morgan fingerprint density at radius 2 is 2.00 bits per heavy atom. The molecule has 134 valence electrons. The van der Waals surface area contributed by atoms with Crippen LogP contribution in [0.15, 0.2) is 40.8 Å². The Hall–Kier alpha value is -3.42. The molecule has 3 aromatic rings. The number of furan rings is 1. The molecule has 0 bridgehead atoms. The van der Waals surface area contributed by atoms with Gasteiger partial charge in [0, 0.05) is 12.3 Å². The zero-order chi connectivity index (χ0) is 18.7. The molecule has 2 aromatic heterocycles. The summed E-state index contributed by atoms with van der Waals surface area (Å²) in [6.07, 6.45) is -1.04. The van der Waals surface area contributed by atoms with Gasteiger partial charge in [0.2, 0.25) is 11.7 Å². The number of hydrogen-bond donors (Lipinski definition) is 2. The van der Waals surface area contributed by atoms with Crippen LogP contribution in [0.3, 0.4) is 0 Å². The van der Waals surface area contributed by atoms with Crippen LogP contribution in [0.5, 0.6) is 0 Å². The van der Waals surface area contributed by atoms with E-state index < -0.39 is 17.9 Å². The summed E-state index contributed by atoms with van der Waals surface area (Å²) in [5.74, 6) is -0.902. The van der Waals surface area contributed by atoms with Crippen LogP contribution < -0.4 is 5.32 Å². The number of benzene rings is 1. The van der Waals surface area contributed by atoms with Crippen molar-refractivity contribution in [1.82, 2.24) is 15.5 Å². The van der Waals surface area contributed by atoms with Crippen LogP contribution in [-0.2, 0) is 16.1 Å². The van der Waals surface area contributed by atoms with Gasteiger partial charge in [-0.25, -0.2) is 4.79 Å². The third kappa shape index (κ3) is 3.64. The highest BCUT2D eigenvalue weighted by Crippen LogP contribution is 2.18. The normalized spacial score (nSPS) is 11.9. The Morgan fingerprint density at radius 3 is 2.77 bits per heavy atom. The van der Waals surface area contributed by atoms with Crippen LogP contribution in [0.25, 0.3) is 10.9 Å². The molecule has 1 amide bonds. The number of aromatic nitrogens is 2. The molecule has 1 unspecified atom stereocenters. The molecule has 2 heterocycles. The van der Waals surface area contributed by atoms with Crippen molar-refractivity contribution in [2.75, 3.05) is 0 Å². The second kappa shape index (κ2) is 7.22. The topological polar surface area (TPSA) is 114 Å². The lowest BCUT2D eigenvalue weighted by Gasteiger charge is -2.10. The number of amides is 1. The first-order chi connectivity index (χ1) is 12.5. The maximum Gasteiger partial charge on any atom is 0.360 e. The quantitative estimate of drug-likeness (QED) is 0.518. The Balaban J connectivity index is 1.67. The van der Waals surface area contributed by atoms with Crippen LogP contribution in [0.4, 0.5) is 0 Å². The molecule has 0 spiro atoms. The number of para-hydroxylation sites is 1. The molecule has 0 fully saturated rings. The molecule has 3 rings (SSSR count). The van der Waals surface area contributed by atoms with E-state index in [9.17, 15) is 14.4 Å². The minimum atomic E-state index is -1.04. The summed E-state index contributed by atoms with van der Waals surface area (Å²) in [6, 6.07) is 10.2. The molecule has 8 heteroatoms. The summed E-state index contributed by atoms with van der Waals surface area (Å²) in [5, 5.41) is 9.88. The smallest absolute Gasteiger partial charge is 0.360 e. The Bertz CT molecular complexity index is 972. The molecule has 8 nitrogen and oxygen atoms in total. The number of H-pyrrole nitrogens is 1. The van der Waals surface area contributed by atoms with E-state index in [0.29, 0.717) is 16.7 Å². The first-order valence-electron chi connectivity index (χ1n) is 7.97. The standard InChI is InChI=1S/C18H17N3O5/c1-10(17(23)15-8-7-12(26-15)9-19-11(2)22)25-18(24)16-13-5-3-4-6-14(13)20-21-16/h3-8,10H,9H2,1-2H3,(H,19,22)(H,20,21). The van der Waals surface area contributed by atoms with Gasteiger partial charge in [0.25, 0.3) is 0 Å². The number of ether oxygens (including phenoxy) is 1. The van der Waals surface area contributed by atoms with Gasteiger partial charge in [0.05, 0.1) is 12.1 Å². The monoisotopic (exact) mass is 355 g/mol. The van der Waals surface area contributed by atoms with Crippen molar-refractivity contribution in [3.05, 3.63) is 53.6 Å². The Labute approximate surface area is 148 Å². The van der Waals surface area contributed by atoms with Crippen molar-refractivity contribution < 1.29 is 23.5 Å². The molecule has 2 N–H and O–H groups in total. The van der Waals surface area contributed by atoms with E-state index in [4.69, 9.17) is 9.15 Å². The molecular formula is C18H17N3O5. The van der Waals surface area contributed by atoms with E-state index in [1.807, 2.05) is 6.07 Å². The molecule has 0 saturated heterocycles. The number of esters is 1. The van der Waals surface area contributed by atoms with E-state index in [2.05, 4.69) is 15.5 Å². The second-order valence-corrected chi connectivity index (χ2v) is 5.71. The summed E-state index contributed by atoms with van der Waals surface area (Å²) in [5.41, 5.74) is 0.818. The van der Waals surface area contributed by atoms with Crippen molar-refractivity contribution in [3.63, 3.8) is 0 Å². The van der Waals surface area contributed by atoms with Crippen molar-refractivity contribution in [2.24, 2.45) is 0 Å². The molecule has 0 aliphatic rings.